The zero-order valence-corrected chi connectivity index (χ0v) is 17.0. The first kappa shape index (κ1) is 20.3. The number of hydrogen-bond donors (Lipinski definition) is 3. The minimum atomic E-state index is -0.755. The third kappa shape index (κ3) is 4.18. The van der Waals surface area contributed by atoms with E-state index in [1.807, 2.05) is 32.0 Å². The second kappa shape index (κ2) is 8.26. The van der Waals surface area contributed by atoms with Gasteiger partial charge in [0.05, 0.1) is 20.3 Å². The molecule has 0 aromatic heterocycles. The second-order valence-electron chi connectivity index (χ2n) is 7.03. The van der Waals surface area contributed by atoms with E-state index in [1.165, 1.54) is 14.2 Å². The average molecular weight is 395 g/mol. The number of hydrogen-bond acceptors (Lipinski definition) is 4. The standard InChI is InChI=1S/C22H25N3O4/c1-12-9-13(2)11-15(10-12)24-21(26)18-14(3)23-22(27)25-19(18)16-7-6-8-17(28-4)20(16)29-5/h6-11,18-19H,3H2,1-2,4-5H3,(H,24,26)(H2,23,25,27)/t18-,19+/m1/s1. The molecule has 1 heterocycles. The lowest BCUT2D eigenvalue weighted by Crippen LogP contribution is -2.51. The van der Waals surface area contributed by atoms with Gasteiger partial charge in [0.25, 0.3) is 0 Å². The lowest BCUT2D eigenvalue weighted by Gasteiger charge is -2.34. The Kier molecular flexibility index (Phi) is 5.77. The molecular formula is C22H25N3O4. The molecule has 2 atom stereocenters. The molecule has 3 rings (SSSR count). The number of ether oxygens (including phenoxy) is 2. The summed E-state index contributed by atoms with van der Waals surface area (Å²) in [5, 5.41) is 8.37. The molecule has 29 heavy (non-hydrogen) atoms. The first-order valence-corrected chi connectivity index (χ1v) is 9.20. The molecule has 0 unspecified atom stereocenters. The van der Waals surface area contributed by atoms with Crippen LogP contribution in [-0.2, 0) is 4.79 Å². The van der Waals surface area contributed by atoms with Crippen LogP contribution in [0.4, 0.5) is 10.5 Å². The number of carbonyl (C=O) groups is 2. The number of methoxy groups -OCH3 is 2. The third-order valence-electron chi connectivity index (χ3n) is 4.81. The number of aryl methyl sites for hydroxylation is 2. The number of benzene rings is 2. The summed E-state index contributed by atoms with van der Waals surface area (Å²) in [7, 11) is 3.05. The Morgan fingerprint density at radius 2 is 1.79 bits per heavy atom. The first-order chi connectivity index (χ1) is 13.8. The van der Waals surface area contributed by atoms with Crippen molar-refractivity contribution in [3.63, 3.8) is 0 Å². The van der Waals surface area contributed by atoms with E-state index in [0.717, 1.165) is 11.1 Å². The van der Waals surface area contributed by atoms with Crippen molar-refractivity contribution in [1.29, 1.82) is 0 Å². The molecule has 1 saturated heterocycles. The molecule has 0 bridgehead atoms. The summed E-state index contributed by atoms with van der Waals surface area (Å²) in [5.74, 6) is -0.0760. The zero-order valence-electron chi connectivity index (χ0n) is 17.0. The Labute approximate surface area is 170 Å². The van der Waals surface area contributed by atoms with Crippen molar-refractivity contribution in [2.45, 2.75) is 19.9 Å². The normalized spacial score (nSPS) is 18.5. The van der Waals surface area contributed by atoms with Crippen LogP contribution in [0, 0.1) is 19.8 Å². The molecule has 1 aliphatic heterocycles. The molecule has 7 nitrogen and oxygen atoms in total. The lowest BCUT2D eigenvalue weighted by molar-refractivity contribution is -0.119. The molecule has 0 radical (unpaired) electrons. The van der Waals surface area contributed by atoms with E-state index in [9.17, 15) is 9.59 Å². The summed E-state index contributed by atoms with van der Waals surface area (Å²) >= 11 is 0. The molecular weight excluding hydrogens is 370 g/mol. The Bertz CT molecular complexity index is 950. The van der Waals surface area contributed by atoms with Gasteiger partial charge in [0.2, 0.25) is 5.91 Å². The van der Waals surface area contributed by atoms with Gasteiger partial charge in [0.1, 0.15) is 5.92 Å². The highest BCUT2D eigenvalue weighted by Crippen LogP contribution is 2.40. The van der Waals surface area contributed by atoms with Crippen LogP contribution in [-0.4, -0.2) is 26.2 Å². The van der Waals surface area contributed by atoms with Crippen LogP contribution in [0.3, 0.4) is 0 Å². The Morgan fingerprint density at radius 1 is 1.10 bits per heavy atom. The van der Waals surface area contributed by atoms with Gasteiger partial charge < -0.3 is 25.4 Å². The van der Waals surface area contributed by atoms with Gasteiger partial charge in [0, 0.05) is 16.9 Å². The summed E-state index contributed by atoms with van der Waals surface area (Å²) < 4.78 is 10.9. The smallest absolute Gasteiger partial charge is 0.319 e. The summed E-state index contributed by atoms with van der Waals surface area (Å²) in [6.07, 6.45) is 0. The van der Waals surface area contributed by atoms with E-state index in [1.54, 1.807) is 18.2 Å². The first-order valence-electron chi connectivity index (χ1n) is 9.20. The number of amides is 3. The monoisotopic (exact) mass is 395 g/mol. The largest absolute Gasteiger partial charge is 0.493 e. The molecule has 2 aromatic carbocycles. The molecule has 0 saturated carbocycles. The highest BCUT2D eigenvalue weighted by molar-refractivity contribution is 5.97. The quantitative estimate of drug-likeness (QED) is 0.724. The fourth-order valence-electron chi connectivity index (χ4n) is 3.68. The van der Waals surface area contributed by atoms with Crippen molar-refractivity contribution >= 4 is 17.6 Å². The van der Waals surface area contributed by atoms with E-state index < -0.39 is 18.0 Å². The summed E-state index contributed by atoms with van der Waals surface area (Å²) in [4.78, 5) is 25.3. The maximum atomic E-state index is 13.2. The summed E-state index contributed by atoms with van der Waals surface area (Å²) in [6.45, 7) is 7.85. The van der Waals surface area contributed by atoms with E-state index in [2.05, 4.69) is 22.5 Å². The fraction of sp³-hybridized carbons (Fsp3) is 0.273. The average Bonchev–Trinajstić information content (AvgIpc) is 2.65. The van der Waals surface area contributed by atoms with Gasteiger partial charge in [-0.05, 0) is 43.2 Å². The maximum absolute atomic E-state index is 13.2. The van der Waals surface area contributed by atoms with Crippen LogP contribution in [0.25, 0.3) is 0 Å². The van der Waals surface area contributed by atoms with Crippen LogP contribution in [0.15, 0.2) is 48.7 Å². The van der Waals surface area contributed by atoms with Crippen molar-refractivity contribution < 1.29 is 19.1 Å². The number of para-hydroxylation sites is 1. The fourth-order valence-corrected chi connectivity index (χ4v) is 3.68. The molecule has 7 heteroatoms. The minimum absolute atomic E-state index is 0.289. The number of anilines is 1. The van der Waals surface area contributed by atoms with Gasteiger partial charge in [-0.3, -0.25) is 4.79 Å². The van der Waals surface area contributed by atoms with Gasteiger partial charge >= 0.3 is 6.03 Å². The van der Waals surface area contributed by atoms with Crippen molar-refractivity contribution in [3.8, 4) is 11.5 Å². The van der Waals surface area contributed by atoms with Gasteiger partial charge in [-0.1, -0.05) is 24.8 Å². The number of rotatable bonds is 5. The number of urea groups is 1. The lowest BCUT2D eigenvalue weighted by atomic mass is 9.87. The SMILES string of the molecule is C=C1NC(=O)N[C@@H](c2cccc(OC)c2OC)[C@@H]1C(=O)Nc1cc(C)cc(C)c1. The van der Waals surface area contributed by atoms with Crippen LogP contribution < -0.4 is 25.4 Å². The predicted octanol–water partition coefficient (Wildman–Crippen LogP) is 3.44. The van der Waals surface area contributed by atoms with Gasteiger partial charge in [-0.2, -0.15) is 0 Å². The topological polar surface area (TPSA) is 88.7 Å². The number of carbonyl (C=O) groups excluding carboxylic acids is 2. The van der Waals surface area contributed by atoms with E-state index >= 15 is 0 Å². The Hall–Kier alpha value is -3.48. The molecule has 2 aromatic rings. The second-order valence-corrected chi connectivity index (χ2v) is 7.03. The molecule has 3 N–H and O–H groups in total. The van der Waals surface area contributed by atoms with Gasteiger partial charge in [-0.25, -0.2) is 4.79 Å². The Morgan fingerprint density at radius 3 is 2.41 bits per heavy atom. The summed E-state index contributed by atoms with van der Waals surface area (Å²) in [5.41, 5.74) is 3.71. The van der Waals surface area contributed by atoms with Gasteiger partial charge in [-0.15, -0.1) is 0 Å². The van der Waals surface area contributed by atoms with Crippen molar-refractivity contribution in [2.75, 3.05) is 19.5 Å². The third-order valence-corrected chi connectivity index (χ3v) is 4.81. The maximum Gasteiger partial charge on any atom is 0.319 e. The molecule has 152 valence electrons. The zero-order chi connectivity index (χ0) is 21.1. The van der Waals surface area contributed by atoms with Crippen molar-refractivity contribution in [2.24, 2.45) is 5.92 Å². The van der Waals surface area contributed by atoms with E-state index in [0.29, 0.717) is 28.4 Å². The summed E-state index contributed by atoms with van der Waals surface area (Å²) in [6, 6.07) is 10.0. The van der Waals surface area contributed by atoms with E-state index in [-0.39, 0.29) is 5.91 Å². The Balaban J connectivity index is 1.99. The molecule has 1 aliphatic rings. The molecule has 0 spiro atoms. The van der Waals surface area contributed by atoms with Crippen LogP contribution in [0.5, 0.6) is 11.5 Å². The highest BCUT2D eigenvalue weighted by atomic mass is 16.5. The van der Waals surface area contributed by atoms with Crippen LogP contribution in [0.2, 0.25) is 0 Å². The van der Waals surface area contributed by atoms with Crippen molar-refractivity contribution in [3.05, 3.63) is 65.4 Å². The molecule has 0 aliphatic carbocycles. The van der Waals surface area contributed by atoms with Crippen molar-refractivity contribution in [1.82, 2.24) is 10.6 Å². The van der Waals surface area contributed by atoms with Crippen LogP contribution in [0.1, 0.15) is 22.7 Å². The predicted molar refractivity (Wildman–Crippen MR) is 111 cm³/mol. The van der Waals surface area contributed by atoms with Crippen LogP contribution >= 0.6 is 0 Å². The minimum Gasteiger partial charge on any atom is -0.493 e. The highest BCUT2D eigenvalue weighted by Gasteiger charge is 2.39. The van der Waals surface area contributed by atoms with Gasteiger partial charge in [0.15, 0.2) is 11.5 Å². The number of nitrogens with one attached hydrogen (secondary N) is 3. The van der Waals surface area contributed by atoms with E-state index in [4.69, 9.17) is 9.47 Å². The molecule has 1 fully saturated rings. The molecule has 3 amide bonds.